The summed E-state index contributed by atoms with van der Waals surface area (Å²) in [6.07, 6.45) is 4.80. The van der Waals surface area contributed by atoms with E-state index < -0.39 is 0 Å². The van der Waals surface area contributed by atoms with E-state index in [2.05, 4.69) is 43.4 Å². The Morgan fingerprint density at radius 3 is 2.50 bits per heavy atom. The van der Waals surface area contributed by atoms with Gasteiger partial charge < -0.3 is 5.32 Å². The van der Waals surface area contributed by atoms with Crippen LogP contribution in [0.5, 0.6) is 0 Å². The van der Waals surface area contributed by atoms with Gasteiger partial charge in [0.1, 0.15) is 0 Å². The van der Waals surface area contributed by atoms with E-state index in [1.165, 1.54) is 24.0 Å². The van der Waals surface area contributed by atoms with Gasteiger partial charge in [-0.05, 0) is 44.1 Å². The normalized spacial score (nSPS) is 22.5. The number of carbonyl (C=O) groups excluding carboxylic acids is 1. The number of aryl methyl sites for hydroxylation is 1. The van der Waals surface area contributed by atoms with Crippen molar-refractivity contribution >= 4 is 17.7 Å². The van der Waals surface area contributed by atoms with E-state index in [0.717, 1.165) is 24.5 Å². The minimum atomic E-state index is 0.196. The Balaban J connectivity index is 1.64. The van der Waals surface area contributed by atoms with E-state index in [0.29, 0.717) is 11.8 Å². The first-order chi connectivity index (χ1) is 9.63. The number of rotatable bonds is 5. The average molecular weight is 291 g/mol. The summed E-state index contributed by atoms with van der Waals surface area (Å²) in [5, 5.41) is 3.18. The van der Waals surface area contributed by atoms with Crippen LogP contribution in [-0.2, 0) is 10.5 Å². The highest BCUT2D eigenvalue weighted by Crippen LogP contribution is 2.23. The summed E-state index contributed by atoms with van der Waals surface area (Å²) in [5.41, 5.74) is 2.57. The third-order valence-corrected chi connectivity index (χ3v) is 5.01. The molecule has 1 aromatic rings. The summed E-state index contributed by atoms with van der Waals surface area (Å²) in [6, 6.07) is 8.95. The molecule has 1 fully saturated rings. The molecule has 0 atom stereocenters. The van der Waals surface area contributed by atoms with Gasteiger partial charge in [0.05, 0.1) is 5.75 Å². The number of hydrogen-bond acceptors (Lipinski definition) is 2. The molecular formula is C17H25NOS. The van der Waals surface area contributed by atoms with Crippen LogP contribution in [0.4, 0.5) is 0 Å². The fourth-order valence-corrected chi connectivity index (χ4v) is 3.42. The van der Waals surface area contributed by atoms with E-state index in [1.54, 1.807) is 11.8 Å². The Morgan fingerprint density at radius 1 is 1.20 bits per heavy atom. The van der Waals surface area contributed by atoms with Gasteiger partial charge >= 0.3 is 0 Å². The first-order valence-electron chi connectivity index (χ1n) is 7.56. The van der Waals surface area contributed by atoms with Crippen molar-refractivity contribution in [3.8, 4) is 0 Å². The molecule has 0 saturated heterocycles. The molecule has 1 aromatic carbocycles. The number of hydrogen-bond donors (Lipinski definition) is 1. The largest absolute Gasteiger partial charge is 0.353 e. The van der Waals surface area contributed by atoms with Gasteiger partial charge in [-0.15, -0.1) is 11.8 Å². The lowest BCUT2D eigenvalue weighted by Crippen LogP contribution is -2.38. The molecule has 1 aliphatic rings. The van der Waals surface area contributed by atoms with Gasteiger partial charge in [0, 0.05) is 11.8 Å². The van der Waals surface area contributed by atoms with E-state index >= 15 is 0 Å². The van der Waals surface area contributed by atoms with Gasteiger partial charge in [-0.2, -0.15) is 0 Å². The van der Waals surface area contributed by atoms with Crippen LogP contribution >= 0.6 is 11.8 Å². The van der Waals surface area contributed by atoms with E-state index in [1.807, 2.05) is 0 Å². The van der Waals surface area contributed by atoms with Crippen molar-refractivity contribution in [1.29, 1.82) is 0 Å². The average Bonchev–Trinajstić information content (AvgIpc) is 2.44. The topological polar surface area (TPSA) is 29.1 Å². The van der Waals surface area contributed by atoms with Gasteiger partial charge in [-0.1, -0.05) is 36.8 Å². The lowest BCUT2D eigenvalue weighted by atomic mass is 9.87. The zero-order valence-electron chi connectivity index (χ0n) is 12.5. The first kappa shape index (κ1) is 15.4. The van der Waals surface area contributed by atoms with Crippen LogP contribution in [0.25, 0.3) is 0 Å². The molecule has 0 aromatic heterocycles. The summed E-state index contributed by atoms with van der Waals surface area (Å²) >= 11 is 1.70. The Labute approximate surface area is 126 Å². The maximum Gasteiger partial charge on any atom is 0.230 e. The number of benzene rings is 1. The van der Waals surface area contributed by atoms with Gasteiger partial charge in [0.15, 0.2) is 0 Å². The van der Waals surface area contributed by atoms with Crippen molar-refractivity contribution in [2.45, 2.75) is 51.3 Å². The summed E-state index contributed by atoms with van der Waals surface area (Å²) < 4.78 is 0. The van der Waals surface area contributed by atoms with Gasteiger partial charge in [0.2, 0.25) is 5.91 Å². The van der Waals surface area contributed by atoms with Crippen LogP contribution in [0.15, 0.2) is 24.3 Å². The Kier molecular flexibility index (Phi) is 5.96. The molecule has 2 nitrogen and oxygen atoms in total. The Hall–Kier alpha value is -0.960. The van der Waals surface area contributed by atoms with Crippen molar-refractivity contribution in [3.63, 3.8) is 0 Å². The highest BCUT2D eigenvalue weighted by atomic mass is 32.2. The molecule has 1 amide bonds. The van der Waals surface area contributed by atoms with Crippen LogP contribution in [0.1, 0.15) is 43.7 Å². The third-order valence-electron chi connectivity index (χ3n) is 4.00. The second-order valence-corrected chi connectivity index (χ2v) is 6.99. The molecule has 110 valence electrons. The van der Waals surface area contributed by atoms with Crippen LogP contribution < -0.4 is 5.32 Å². The molecular weight excluding hydrogens is 266 g/mol. The Morgan fingerprint density at radius 2 is 1.85 bits per heavy atom. The minimum Gasteiger partial charge on any atom is -0.353 e. The monoisotopic (exact) mass is 291 g/mol. The minimum absolute atomic E-state index is 0.196. The maximum absolute atomic E-state index is 11.9. The van der Waals surface area contributed by atoms with Crippen LogP contribution in [-0.4, -0.2) is 17.7 Å². The fourth-order valence-electron chi connectivity index (χ4n) is 2.62. The van der Waals surface area contributed by atoms with Crippen LogP contribution in [0, 0.1) is 12.8 Å². The molecule has 0 unspecified atom stereocenters. The Bertz CT molecular complexity index is 421. The van der Waals surface area contributed by atoms with Crippen LogP contribution in [0.2, 0.25) is 0 Å². The number of thioether (sulfide) groups is 1. The van der Waals surface area contributed by atoms with E-state index in [4.69, 9.17) is 0 Å². The maximum atomic E-state index is 11.9. The van der Waals surface area contributed by atoms with Gasteiger partial charge in [0.25, 0.3) is 0 Å². The van der Waals surface area contributed by atoms with Crippen molar-refractivity contribution < 1.29 is 4.79 Å². The van der Waals surface area contributed by atoms with E-state index in [-0.39, 0.29) is 5.91 Å². The molecule has 0 heterocycles. The molecule has 0 bridgehead atoms. The predicted molar refractivity (Wildman–Crippen MR) is 86.9 cm³/mol. The molecule has 1 N–H and O–H groups in total. The van der Waals surface area contributed by atoms with Crippen molar-refractivity contribution in [2.24, 2.45) is 5.92 Å². The molecule has 0 spiro atoms. The predicted octanol–water partition coefficient (Wildman–Crippen LogP) is 3.92. The van der Waals surface area contributed by atoms with E-state index in [9.17, 15) is 4.79 Å². The lowest BCUT2D eigenvalue weighted by Gasteiger charge is -2.26. The highest BCUT2D eigenvalue weighted by Gasteiger charge is 2.19. The molecule has 0 aliphatic heterocycles. The summed E-state index contributed by atoms with van der Waals surface area (Å²) in [4.78, 5) is 11.9. The number of amides is 1. The summed E-state index contributed by atoms with van der Waals surface area (Å²) in [6.45, 7) is 4.39. The fraction of sp³-hybridized carbons (Fsp3) is 0.588. The lowest BCUT2D eigenvalue weighted by molar-refractivity contribution is -0.119. The van der Waals surface area contributed by atoms with Crippen molar-refractivity contribution in [1.82, 2.24) is 5.32 Å². The molecule has 2 rings (SSSR count). The first-order valence-corrected chi connectivity index (χ1v) is 8.71. The second-order valence-electron chi connectivity index (χ2n) is 6.00. The highest BCUT2D eigenvalue weighted by molar-refractivity contribution is 7.99. The molecule has 20 heavy (non-hydrogen) atoms. The number of nitrogens with one attached hydrogen (secondary N) is 1. The zero-order chi connectivity index (χ0) is 14.4. The van der Waals surface area contributed by atoms with Crippen molar-refractivity contribution in [2.75, 3.05) is 5.75 Å². The summed E-state index contributed by atoms with van der Waals surface area (Å²) in [5.74, 6) is 2.51. The quantitative estimate of drug-likeness (QED) is 0.891. The number of carbonyl (C=O) groups is 1. The zero-order valence-corrected chi connectivity index (χ0v) is 13.3. The molecule has 3 heteroatoms. The molecule has 1 aliphatic carbocycles. The van der Waals surface area contributed by atoms with Crippen LogP contribution in [0.3, 0.4) is 0 Å². The van der Waals surface area contributed by atoms with Gasteiger partial charge in [-0.25, -0.2) is 0 Å². The molecule has 0 radical (unpaired) electrons. The second kappa shape index (κ2) is 7.72. The summed E-state index contributed by atoms with van der Waals surface area (Å²) in [7, 11) is 0. The molecule has 1 saturated carbocycles. The van der Waals surface area contributed by atoms with Crippen molar-refractivity contribution in [3.05, 3.63) is 35.4 Å². The standard InChI is InChI=1S/C17H25NOS/c1-13-3-7-15(8-4-13)11-20-12-17(19)18-16-9-5-14(2)6-10-16/h3-4,7-8,14,16H,5-6,9-12H2,1-2H3,(H,18,19). The smallest absolute Gasteiger partial charge is 0.230 e. The third kappa shape index (κ3) is 5.20. The van der Waals surface area contributed by atoms with Gasteiger partial charge in [-0.3, -0.25) is 4.79 Å². The SMILES string of the molecule is Cc1ccc(CSCC(=O)NC2CCC(C)CC2)cc1.